The molecule has 0 spiro atoms. The number of rotatable bonds is 6. The number of H-pyrrole nitrogens is 1. The van der Waals surface area contributed by atoms with E-state index < -0.39 is 11.7 Å². The van der Waals surface area contributed by atoms with Gasteiger partial charge in [0.05, 0.1) is 17.1 Å². The van der Waals surface area contributed by atoms with Crippen molar-refractivity contribution in [1.82, 2.24) is 34.8 Å². The molecule has 0 aliphatic heterocycles. The van der Waals surface area contributed by atoms with Crippen molar-refractivity contribution in [3.8, 4) is 16.4 Å². The molecule has 0 atom stereocenters. The number of carbonyl (C=O) groups is 1. The van der Waals surface area contributed by atoms with Gasteiger partial charge in [0.2, 0.25) is 5.82 Å². The Morgan fingerprint density at radius 2 is 2.20 bits per heavy atom. The summed E-state index contributed by atoms with van der Waals surface area (Å²) in [6.07, 6.45) is 2.11. The third kappa shape index (κ3) is 3.57. The van der Waals surface area contributed by atoms with Crippen molar-refractivity contribution in [2.75, 3.05) is 0 Å². The maximum atomic E-state index is 13.8. The number of benzene rings is 1. The molecule has 0 saturated heterocycles. The Balaban J connectivity index is 1.44. The minimum Gasteiger partial charge on any atom is -0.342 e. The van der Waals surface area contributed by atoms with Crippen molar-refractivity contribution in [2.45, 2.75) is 25.4 Å². The summed E-state index contributed by atoms with van der Waals surface area (Å²) in [5, 5.41) is 16.0. The molecule has 1 fully saturated rings. The molecule has 3 heterocycles. The molecule has 3 aromatic heterocycles. The van der Waals surface area contributed by atoms with Gasteiger partial charge in [-0.3, -0.25) is 14.5 Å². The van der Waals surface area contributed by atoms with E-state index in [9.17, 15) is 9.18 Å². The van der Waals surface area contributed by atoms with Gasteiger partial charge in [-0.15, -0.1) is 16.4 Å². The van der Waals surface area contributed by atoms with Crippen molar-refractivity contribution < 1.29 is 9.18 Å². The Morgan fingerprint density at radius 1 is 1.33 bits per heavy atom. The number of hydrogen-bond acceptors (Lipinski definition) is 6. The van der Waals surface area contributed by atoms with E-state index in [1.807, 2.05) is 22.1 Å². The molecular formula is C19H16FN7OS2. The lowest BCUT2D eigenvalue weighted by molar-refractivity contribution is 0.0939. The number of hydrogen-bond donors (Lipinski definition) is 2. The van der Waals surface area contributed by atoms with Crippen LogP contribution in [0.25, 0.3) is 16.4 Å². The first-order chi connectivity index (χ1) is 14.6. The highest BCUT2D eigenvalue weighted by Gasteiger charge is 2.27. The molecule has 152 valence electrons. The summed E-state index contributed by atoms with van der Waals surface area (Å²) in [4.78, 5) is 18.0. The highest BCUT2D eigenvalue weighted by Crippen LogP contribution is 2.35. The lowest BCUT2D eigenvalue weighted by Gasteiger charge is -2.05. The summed E-state index contributed by atoms with van der Waals surface area (Å²) < 4.78 is 17.7. The van der Waals surface area contributed by atoms with Crippen molar-refractivity contribution >= 4 is 29.5 Å². The smallest absolute Gasteiger partial charge is 0.291 e. The minimum atomic E-state index is -0.445. The highest BCUT2D eigenvalue weighted by atomic mass is 32.1. The molecule has 0 radical (unpaired) electrons. The van der Waals surface area contributed by atoms with Crippen molar-refractivity contribution in [2.24, 2.45) is 0 Å². The molecule has 30 heavy (non-hydrogen) atoms. The fourth-order valence-corrected chi connectivity index (χ4v) is 4.17. The van der Waals surface area contributed by atoms with Crippen LogP contribution >= 0.6 is 23.6 Å². The van der Waals surface area contributed by atoms with Crippen LogP contribution in [0.15, 0.2) is 41.8 Å². The fraction of sp³-hybridized carbons (Fsp3) is 0.211. The predicted octanol–water partition coefficient (Wildman–Crippen LogP) is 3.65. The van der Waals surface area contributed by atoms with Crippen LogP contribution in [0, 0.1) is 10.6 Å². The average Bonchev–Trinajstić information content (AvgIpc) is 3.14. The summed E-state index contributed by atoms with van der Waals surface area (Å²) >= 11 is 6.73. The largest absolute Gasteiger partial charge is 0.342 e. The molecule has 8 nitrogen and oxygen atoms in total. The third-order valence-corrected chi connectivity index (χ3v) is 5.85. The number of aromatic nitrogens is 6. The zero-order valence-corrected chi connectivity index (χ0v) is 17.2. The standard InChI is InChI=1S/C19H16FN7OS2/c20-11-3-1-4-13(9-11)27-17(14-5-2-8-30-14)22-16(25-27)18(28)21-10-15-23-24-19(29)26(15)12-6-7-12/h1-5,8-9,12H,6-7,10H2,(H,21,28)(H,24,29). The van der Waals surface area contributed by atoms with Crippen LogP contribution in [0.4, 0.5) is 4.39 Å². The van der Waals surface area contributed by atoms with Gasteiger partial charge >= 0.3 is 0 Å². The molecule has 1 aromatic carbocycles. The second-order valence-electron chi connectivity index (χ2n) is 6.86. The molecule has 1 aliphatic carbocycles. The number of amides is 1. The third-order valence-electron chi connectivity index (χ3n) is 4.70. The van der Waals surface area contributed by atoms with E-state index in [1.54, 1.807) is 12.1 Å². The first-order valence-electron chi connectivity index (χ1n) is 9.31. The Bertz CT molecular complexity index is 1270. The van der Waals surface area contributed by atoms with Gasteiger partial charge in [-0.2, -0.15) is 5.10 Å². The summed E-state index contributed by atoms with van der Waals surface area (Å²) in [6, 6.07) is 10.1. The molecule has 1 aliphatic rings. The summed E-state index contributed by atoms with van der Waals surface area (Å²) in [5.41, 5.74) is 0.486. The van der Waals surface area contributed by atoms with E-state index in [4.69, 9.17) is 12.2 Å². The van der Waals surface area contributed by atoms with Crippen molar-refractivity contribution in [3.05, 3.63) is 64.0 Å². The Kier molecular flexibility index (Phi) is 4.75. The summed E-state index contributed by atoms with van der Waals surface area (Å²) in [6.45, 7) is 0.200. The van der Waals surface area contributed by atoms with E-state index in [0.717, 1.165) is 17.7 Å². The van der Waals surface area contributed by atoms with Crippen LogP contribution in [0.2, 0.25) is 0 Å². The number of thiophene rings is 1. The van der Waals surface area contributed by atoms with E-state index in [0.29, 0.717) is 28.1 Å². The van der Waals surface area contributed by atoms with Crippen LogP contribution in [0.3, 0.4) is 0 Å². The number of halogens is 1. The predicted molar refractivity (Wildman–Crippen MR) is 111 cm³/mol. The second-order valence-corrected chi connectivity index (χ2v) is 8.19. The van der Waals surface area contributed by atoms with Gasteiger partial charge < -0.3 is 5.32 Å². The molecule has 1 saturated carbocycles. The van der Waals surface area contributed by atoms with Crippen LogP contribution < -0.4 is 5.32 Å². The van der Waals surface area contributed by atoms with Crippen molar-refractivity contribution in [1.29, 1.82) is 0 Å². The Morgan fingerprint density at radius 3 is 2.93 bits per heavy atom. The molecule has 0 unspecified atom stereocenters. The lowest BCUT2D eigenvalue weighted by atomic mass is 10.3. The van der Waals surface area contributed by atoms with Gasteiger partial charge in [0.25, 0.3) is 5.91 Å². The molecule has 5 rings (SSSR count). The fourth-order valence-electron chi connectivity index (χ4n) is 3.17. The van der Waals surface area contributed by atoms with E-state index >= 15 is 0 Å². The van der Waals surface area contributed by atoms with Gasteiger partial charge in [-0.25, -0.2) is 14.1 Å². The first-order valence-corrected chi connectivity index (χ1v) is 10.6. The van der Waals surface area contributed by atoms with Gasteiger partial charge in [0.1, 0.15) is 5.82 Å². The zero-order chi connectivity index (χ0) is 20.7. The maximum absolute atomic E-state index is 13.8. The average molecular weight is 442 g/mol. The number of aromatic amines is 1. The molecule has 11 heteroatoms. The molecule has 4 aromatic rings. The number of nitrogens with one attached hydrogen (secondary N) is 2. The van der Waals surface area contributed by atoms with Gasteiger partial charge in [-0.1, -0.05) is 12.1 Å². The minimum absolute atomic E-state index is 0.00485. The number of carbonyl (C=O) groups excluding carboxylic acids is 1. The van der Waals surface area contributed by atoms with Crippen LogP contribution in [0.1, 0.15) is 35.3 Å². The van der Waals surface area contributed by atoms with E-state index in [2.05, 4.69) is 25.6 Å². The van der Waals surface area contributed by atoms with Crippen molar-refractivity contribution in [3.63, 3.8) is 0 Å². The summed E-state index contributed by atoms with van der Waals surface area (Å²) in [5.74, 6) is 0.295. The van der Waals surface area contributed by atoms with Gasteiger partial charge in [0.15, 0.2) is 16.4 Å². The second kappa shape index (κ2) is 7.58. The van der Waals surface area contributed by atoms with Crippen LogP contribution in [-0.2, 0) is 6.54 Å². The van der Waals surface area contributed by atoms with Crippen LogP contribution in [-0.4, -0.2) is 35.4 Å². The zero-order valence-electron chi connectivity index (χ0n) is 15.6. The highest BCUT2D eigenvalue weighted by molar-refractivity contribution is 7.71. The van der Waals surface area contributed by atoms with E-state index in [1.165, 1.54) is 28.2 Å². The normalized spacial score (nSPS) is 13.5. The van der Waals surface area contributed by atoms with Crippen LogP contribution in [0.5, 0.6) is 0 Å². The first kappa shape index (κ1) is 18.8. The SMILES string of the molecule is O=C(NCc1n[nH]c(=S)n1C1CC1)c1nc(-c2cccs2)n(-c2cccc(F)c2)n1. The van der Waals surface area contributed by atoms with Gasteiger partial charge in [-0.05, 0) is 54.7 Å². The molecule has 2 N–H and O–H groups in total. The lowest BCUT2D eigenvalue weighted by Crippen LogP contribution is -2.26. The maximum Gasteiger partial charge on any atom is 0.291 e. The Labute approximate surface area is 179 Å². The topological polar surface area (TPSA) is 93.4 Å². The molecular weight excluding hydrogens is 425 g/mol. The van der Waals surface area contributed by atoms with E-state index in [-0.39, 0.29) is 12.4 Å². The number of nitrogens with zero attached hydrogens (tertiary/aromatic N) is 5. The van der Waals surface area contributed by atoms with Gasteiger partial charge in [0, 0.05) is 6.04 Å². The molecule has 1 amide bonds. The molecule has 0 bridgehead atoms. The summed E-state index contributed by atoms with van der Waals surface area (Å²) in [7, 11) is 0. The monoisotopic (exact) mass is 441 g/mol. The quantitative estimate of drug-likeness (QED) is 0.446. The Hall–Kier alpha value is -3.18.